The molecule has 10 atom stereocenters. The molecule has 0 aromatic heterocycles. The fourth-order valence-corrected chi connectivity index (χ4v) is 11.0. The minimum atomic E-state index is -0.105. The van der Waals surface area contributed by atoms with Gasteiger partial charge in [0.15, 0.2) is 0 Å². The highest BCUT2D eigenvalue weighted by Crippen LogP contribution is 2.71. The topological polar surface area (TPSA) is 26.3 Å². The minimum Gasteiger partial charge on any atom is -0.462 e. The summed E-state index contributed by atoms with van der Waals surface area (Å²) in [4.78, 5) is 12.4. The second-order valence-corrected chi connectivity index (χ2v) is 14.1. The molecule has 5 aliphatic rings. The van der Waals surface area contributed by atoms with E-state index in [4.69, 9.17) is 11.2 Å². The molecule has 10 unspecified atom stereocenters. The summed E-state index contributed by atoms with van der Waals surface area (Å²) in [5.74, 6) is 6.61. The predicted molar refractivity (Wildman–Crippen MR) is 148 cm³/mol. The number of rotatable bonds is 5. The van der Waals surface area contributed by atoms with Crippen molar-refractivity contribution in [3.8, 4) is 12.3 Å². The zero-order valence-corrected chi connectivity index (χ0v) is 23.5. The van der Waals surface area contributed by atoms with Crippen molar-refractivity contribution in [2.24, 2.45) is 51.8 Å². The van der Waals surface area contributed by atoms with Gasteiger partial charge >= 0.3 is 5.97 Å². The van der Waals surface area contributed by atoms with Crippen LogP contribution < -0.4 is 0 Å². The van der Waals surface area contributed by atoms with Crippen LogP contribution in [0.15, 0.2) is 24.3 Å². The van der Waals surface area contributed by atoms with Gasteiger partial charge in [0.1, 0.15) is 6.10 Å². The van der Waals surface area contributed by atoms with Crippen LogP contribution in [0.2, 0.25) is 0 Å². The van der Waals surface area contributed by atoms with Crippen molar-refractivity contribution >= 4 is 5.97 Å². The van der Waals surface area contributed by atoms with Crippen molar-refractivity contribution in [3.63, 3.8) is 0 Å². The normalized spacial score (nSPS) is 47.6. The van der Waals surface area contributed by atoms with E-state index < -0.39 is 0 Å². The van der Waals surface area contributed by atoms with Gasteiger partial charge in [0.05, 0.1) is 6.42 Å². The first-order valence-electron chi connectivity index (χ1n) is 15.1. The number of hydrogen-bond donors (Lipinski definition) is 0. The van der Waals surface area contributed by atoms with Crippen LogP contribution in [0, 0.1) is 64.1 Å². The molecular weight excluding hydrogens is 440 g/mol. The Kier molecular flexibility index (Phi) is 7.02. The van der Waals surface area contributed by atoms with Crippen LogP contribution in [0.5, 0.6) is 0 Å². The first-order valence-corrected chi connectivity index (χ1v) is 15.1. The van der Waals surface area contributed by atoms with Gasteiger partial charge in [-0.05, 0) is 110 Å². The zero-order chi connectivity index (χ0) is 25.7. The molecule has 36 heavy (non-hydrogen) atoms. The molecule has 198 valence electrons. The summed E-state index contributed by atoms with van der Waals surface area (Å²) in [5.41, 5.74) is 3.08. The molecule has 5 rings (SSSR count). The number of ether oxygens (including phenoxy) is 1. The fourth-order valence-electron chi connectivity index (χ4n) is 11.0. The fraction of sp³-hybridized carbons (Fsp3) is 0.794. The molecule has 2 nitrogen and oxygen atoms in total. The standard InChI is InChI=1S/C34H50O2/c1-7-9-12-30(35)36-28-17-21-32(5)26(24(28)4)15-20-33(6)27-16-22-34(18-8-2)19-10-11-23(3)31(34)25(27)13-14-29(32)33/h1,8,13,23-24,26-29,31H,2,9-12,14-22H2,3-6H3. The molecule has 0 aromatic rings. The Labute approximate surface area is 221 Å². The van der Waals surface area contributed by atoms with E-state index in [9.17, 15) is 4.79 Å². The SMILES string of the molecule is C#CCCC(=O)OC1CCC2(C)C(CCC3(C)C4CCC5(CC=C)CCCC(C)C5C4=CCC32)C1C. The quantitative estimate of drug-likeness (QED) is 0.219. The summed E-state index contributed by atoms with van der Waals surface area (Å²) >= 11 is 0. The average molecular weight is 491 g/mol. The lowest BCUT2D eigenvalue weighted by Gasteiger charge is -2.67. The number of hydrogen-bond acceptors (Lipinski definition) is 2. The lowest BCUT2D eigenvalue weighted by atomic mass is 9.38. The molecule has 0 aromatic carbocycles. The summed E-state index contributed by atoms with van der Waals surface area (Å²) in [7, 11) is 0. The van der Waals surface area contributed by atoms with Crippen LogP contribution in [0.3, 0.4) is 0 Å². The molecule has 0 radical (unpaired) electrons. The van der Waals surface area contributed by atoms with Crippen molar-refractivity contribution in [1.82, 2.24) is 0 Å². The van der Waals surface area contributed by atoms with Crippen LogP contribution in [0.25, 0.3) is 0 Å². The smallest absolute Gasteiger partial charge is 0.307 e. The van der Waals surface area contributed by atoms with Crippen molar-refractivity contribution in [2.75, 3.05) is 0 Å². The van der Waals surface area contributed by atoms with E-state index in [0.29, 0.717) is 40.9 Å². The highest BCUT2D eigenvalue weighted by atomic mass is 16.5. The van der Waals surface area contributed by atoms with Gasteiger partial charge in [0, 0.05) is 6.42 Å². The Balaban J connectivity index is 1.40. The zero-order valence-electron chi connectivity index (χ0n) is 23.5. The van der Waals surface area contributed by atoms with Gasteiger partial charge in [-0.1, -0.05) is 58.3 Å². The van der Waals surface area contributed by atoms with E-state index >= 15 is 0 Å². The third kappa shape index (κ3) is 3.94. The molecule has 2 heteroatoms. The monoisotopic (exact) mass is 490 g/mol. The Morgan fingerprint density at radius 2 is 1.92 bits per heavy atom. The van der Waals surface area contributed by atoms with Gasteiger partial charge in [0.25, 0.3) is 0 Å². The number of carbonyl (C=O) groups is 1. The second-order valence-electron chi connectivity index (χ2n) is 14.1. The van der Waals surface area contributed by atoms with Crippen LogP contribution in [0.4, 0.5) is 0 Å². The summed E-state index contributed by atoms with van der Waals surface area (Å²) in [6.07, 6.45) is 25.5. The molecule has 4 fully saturated rings. The largest absolute Gasteiger partial charge is 0.462 e. The van der Waals surface area contributed by atoms with Gasteiger partial charge in [-0.25, -0.2) is 0 Å². The molecule has 0 bridgehead atoms. The Hall–Kier alpha value is -1.49. The molecule has 0 amide bonds. The third-order valence-corrected chi connectivity index (χ3v) is 12.6. The van der Waals surface area contributed by atoms with E-state index in [1.807, 2.05) is 5.57 Å². The summed E-state index contributed by atoms with van der Waals surface area (Å²) < 4.78 is 6.00. The lowest BCUT2D eigenvalue weighted by molar-refractivity contribution is -0.178. The highest BCUT2D eigenvalue weighted by molar-refractivity contribution is 5.69. The van der Waals surface area contributed by atoms with Gasteiger partial charge in [-0.2, -0.15) is 0 Å². The van der Waals surface area contributed by atoms with Crippen molar-refractivity contribution in [3.05, 3.63) is 24.3 Å². The maximum absolute atomic E-state index is 12.4. The minimum absolute atomic E-state index is 0.0599. The van der Waals surface area contributed by atoms with Crippen LogP contribution in [-0.4, -0.2) is 12.1 Å². The maximum atomic E-state index is 12.4. The van der Waals surface area contributed by atoms with Crippen LogP contribution in [-0.2, 0) is 9.53 Å². The number of fused-ring (bicyclic) bond motifs is 7. The number of allylic oxidation sites excluding steroid dienone is 3. The molecular formula is C34H50O2. The van der Waals surface area contributed by atoms with E-state index in [2.05, 4.69) is 52.3 Å². The summed E-state index contributed by atoms with van der Waals surface area (Å²) in [6, 6.07) is 0. The van der Waals surface area contributed by atoms with Gasteiger partial charge < -0.3 is 4.74 Å². The molecule has 0 spiro atoms. The summed E-state index contributed by atoms with van der Waals surface area (Å²) in [6.45, 7) is 14.4. The maximum Gasteiger partial charge on any atom is 0.307 e. The average Bonchev–Trinajstić information content (AvgIpc) is 2.84. The molecule has 0 saturated heterocycles. The van der Waals surface area contributed by atoms with Gasteiger partial charge in [0.2, 0.25) is 0 Å². The highest BCUT2D eigenvalue weighted by Gasteiger charge is 2.63. The molecule has 5 aliphatic carbocycles. The Morgan fingerprint density at radius 3 is 2.67 bits per heavy atom. The first kappa shape index (κ1) is 26.1. The summed E-state index contributed by atoms with van der Waals surface area (Å²) in [5, 5.41) is 0. The lowest BCUT2D eigenvalue weighted by Crippen LogP contribution is -2.60. The molecule has 0 N–H and O–H groups in total. The molecule has 0 aliphatic heterocycles. The van der Waals surface area contributed by atoms with Crippen LogP contribution >= 0.6 is 0 Å². The van der Waals surface area contributed by atoms with Gasteiger partial charge in [-0.15, -0.1) is 18.9 Å². The molecule has 4 saturated carbocycles. The predicted octanol–water partition coefficient (Wildman–Crippen LogP) is 8.52. The van der Waals surface area contributed by atoms with Crippen LogP contribution in [0.1, 0.15) is 111 Å². The first-order chi connectivity index (χ1) is 17.2. The van der Waals surface area contributed by atoms with Crippen molar-refractivity contribution < 1.29 is 9.53 Å². The Morgan fingerprint density at radius 1 is 1.14 bits per heavy atom. The van der Waals surface area contributed by atoms with E-state index in [-0.39, 0.29) is 12.1 Å². The Bertz CT molecular complexity index is 939. The van der Waals surface area contributed by atoms with E-state index in [0.717, 1.165) is 30.1 Å². The van der Waals surface area contributed by atoms with E-state index in [1.165, 1.54) is 64.2 Å². The number of carbonyl (C=O) groups excluding carboxylic acids is 1. The number of esters is 1. The van der Waals surface area contributed by atoms with Crippen molar-refractivity contribution in [2.45, 2.75) is 117 Å². The van der Waals surface area contributed by atoms with Crippen molar-refractivity contribution in [1.29, 1.82) is 0 Å². The third-order valence-electron chi connectivity index (χ3n) is 12.6. The molecule has 0 heterocycles. The van der Waals surface area contributed by atoms with Gasteiger partial charge in [-0.3, -0.25) is 4.79 Å². The second kappa shape index (κ2) is 9.67. The van der Waals surface area contributed by atoms with E-state index in [1.54, 1.807) is 0 Å². The number of terminal acetylenes is 1.